The van der Waals surface area contributed by atoms with Gasteiger partial charge < -0.3 is 14.6 Å². The molecule has 116 valence electrons. The molecule has 1 saturated heterocycles. The molecule has 2 atom stereocenters. The molecular formula is C17H21N3O2. The van der Waals surface area contributed by atoms with E-state index in [1.165, 1.54) is 0 Å². The Labute approximate surface area is 130 Å². The zero-order chi connectivity index (χ0) is 15.5. The van der Waals surface area contributed by atoms with Gasteiger partial charge in [0, 0.05) is 13.2 Å². The molecule has 3 rings (SSSR count). The molecule has 1 aromatic heterocycles. The zero-order valence-electron chi connectivity index (χ0n) is 12.8. The quantitative estimate of drug-likeness (QED) is 0.863. The molecule has 1 amide bonds. The number of hydrogen-bond donors (Lipinski definition) is 1. The number of allylic oxidation sites excluding steroid dienone is 1. The van der Waals surface area contributed by atoms with Crippen molar-refractivity contribution in [1.82, 2.24) is 14.9 Å². The number of para-hydroxylation sites is 2. The van der Waals surface area contributed by atoms with Gasteiger partial charge in [-0.05, 0) is 31.9 Å². The average Bonchev–Trinajstić information content (AvgIpc) is 3.16. The number of amides is 1. The molecule has 1 aliphatic heterocycles. The van der Waals surface area contributed by atoms with Crippen LogP contribution in [0.3, 0.4) is 0 Å². The van der Waals surface area contributed by atoms with Crippen LogP contribution in [0.15, 0.2) is 36.9 Å². The highest BCUT2D eigenvalue weighted by Crippen LogP contribution is 2.21. The van der Waals surface area contributed by atoms with E-state index in [2.05, 4.69) is 21.4 Å². The molecule has 22 heavy (non-hydrogen) atoms. The number of benzene rings is 1. The molecule has 0 bridgehead atoms. The van der Waals surface area contributed by atoms with Crippen LogP contribution in [0.2, 0.25) is 0 Å². The monoisotopic (exact) mass is 299 g/mol. The molecule has 1 aromatic carbocycles. The van der Waals surface area contributed by atoms with Gasteiger partial charge in [-0.1, -0.05) is 18.2 Å². The van der Waals surface area contributed by atoms with Crippen molar-refractivity contribution < 1.29 is 9.53 Å². The Morgan fingerprint density at radius 3 is 3.14 bits per heavy atom. The first-order chi connectivity index (χ1) is 10.7. The summed E-state index contributed by atoms with van der Waals surface area (Å²) in [5.74, 6) is 0.787. The first kappa shape index (κ1) is 14.8. The molecule has 0 aliphatic carbocycles. The predicted octanol–water partition coefficient (Wildman–Crippen LogP) is 2.58. The summed E-state index contributed by atoms with van der Waals surface area (Å²) < 4.78 is 7.52. The number of hydrogen-bond acceptors (Lipinski definition) is 3. The van der Waals surface area contributed by atoms with Crippen LogP contribution in [0.1, 0.15) is 31.6 Å². The lowest BCUT2D eigenvalue weighted by molar-refractivity contribution is -0.130. The molecule has 0 saturated carbocycles. The van der Waals surface area contributed by atoms with Crippen molar-refractivity contribution in [3.05, 3.63) is 42.7 Å². The number of ether oxygens (including phenoxy) is 1. The van der Waals surface area contributed by atoms with E-state index in [0.29, 0.717) is 13.2 Å². The summed E-state index contributed by atoms with van der Waals surface area (Å²) in [4.78, 5) is 16.9. The van der Waals surface area contributed by atoms with Gasteiger partial charge >= 0.3 is 0 Å². The van der Waals surface area contributed by atoms with Crippen molar-refractivity contribution >= 4 is 16.9 Å². The van der Waals surface area contributed by atoms with Crippen molar-refractivity contribution in [2.45, 2.75) is 38.5 Å². The number of rotatable bonds is 5. The summed E-state index contributed by atoms with van der Waals surface area (Å²) in [6.45, 7) is 7.09. The summed E-state index contributed by atoms with van der Waals surface area (Å²) in [5.41, 5.74) is 1.98. The van der Waals surface area contributed by atoms with Crippen molar-refractivity contribution in [2.75, 3.05) is 6.61 Å². The van der Waals surface area contributed by atoms with Crippen molar-refractivity contribution in [3.63, 3.8) is 0 Å². The molecule has 1 N–H and O–H groups in total. The van der Waals surface area contributed by atoms with Crippen molar-refractivity contribution in [2.24, 2.45) is 0 Å². The van der Waals surface area contributed by atoms with E-state index in [-0.39, 0.29) is 18.1 Å². The highest BCUT2D eigenvalue weighted by Gasteiger charge is 2.26. The third-order valence-electron chi connectivity index (χ3n) is 3.96. The number of fused-ring (bicyclic) bond motifs is 1. The Morgan fingerprint density at radius 1 is 1.59 bits per heavy atom. The average molecular weight is 299 g/mol. The Balaban J connectivity index is 1.86. The topological polar surface area (TPSA) is 56.2 Å². The first-order valence-electron chi connectivity index (χ1n) is 7.68. The molecule has 2 heterocycles. The Hall–Kier alpha value is -2.14. The van der Waals surface area contributed by atoms with Gasteiger partial charge in [0.2, 0.25) is 5.91 Å². The first-order valence-corrected chi connectivity index (χ1v) is 7.68. The summed E-state index contributed by atoms with van der Waals surface area (Å²) in [7, 11) is 0. The smallest absolute Gasteiger partial charge is 0.249 e. The lowest BCUT2D eigenvalue weighted by atomic mass is 10.2. The van der Waals surface area contributed by atoms with Gasteiger partial charge in [0.05, 0.1) is 17.1 Å². The third-order valence-corrected chi connectivity index (χ3v) is 3.96. The van der Waals surface area contributed by atoms with Crippen LogP contribution in [-0.4, -0.2) is 28.2 Å². The van der Waals surface area contributed by atoms with Crippen LogP contribution in [0.25, 0.3) is 11.0 Å². The van der Waals surface area contributed by atoms with Crippen LogP contribution >= 0.6 is 0 Å². The summed E-state index contributed by atoms with van der Waals surface area (Å²) >= 11 is 0. The predicted molar refractivity (Wildman–Crippen MR) is 85.5 cm³/mol. The third kappa shape index (κ3) is 2.76. The summed E-state index contributed by atoms with van der Waals surface area (Å²) in [6, 6.07) is 7.79. The SMILES string of the molecule is C=CCn1c(C(C)NC(=O)C2CCCO2)nc2ccccc21. The fourth-order valence-electron chi connectivity index (χ4n) is 2.90. The van der Waals surface area contributed by atoms with Gasteiger partial charge in [-0.2, -0.15) is 0 Å². The normalized spacial score (nSPS) is 19.2. The lowest BCUT2D eigenvalue weighted by Crippen LogP contribution is -2.36. The zero-order valence-corrected chi connectivity index (χ0v) is 12.8. The van der Waals surface area contributed by atoms with E-state index in [0.717, 1.165) is 29.7 Å². The van der Waals surface area contributed by atoms with E-state index >= 15 is 0 Å². The van der Waals surface area contributed by atoms with Gasteiger partial charge in [-0.3, -0.25) is 4.79 Å². The molecule has 2 unspecified atom stereocenters. The van der Waals surface area contributed by atoms with Crippen LogP contribution < -0.4 is 5.32 Å². The Bertz CT molecular complexity index is 686. The minimum atomic E-state index is -0.320. The van der Waals surface area contributed by atoms with Gasteiger partial charge in [0.15, 0.2) is 0 Å². The van der Waals surface area contributed by atoms with Crippen LogP contribution in [0.4, 0.5) is 0 Å². The van der Waals surface area contributed by atoms with Crippen LogP contribution in [-0.2, 0) is 16.1 Å². The molecule has 1 aliphatic rings. The lowest BCUT2D eigenvalue weighted by Gasteiger charge is -2.17. The van der Waals surface area contributed by atoms with E-state index < -0.39 is 0 Å². The van der Waals surface area contributed by atoms with Crippen LogP contribution in [0, 0.1) is 0 Å². The fourth-order valence-corrected chi connectivity index (χ4v) is 2.90. The molecule has 1 fully saturated rings. The Morgan fingerprint density at radius 2 is 2.41 bits per heavy atom. The minimum absolute atomic E-state index is 0.0535. The van der Waals surface area contributed by atoms with Crippen molar-refractivity contribution in [3.8, 4) is 0 Å². The highest BCUT2D eigenvalue weighted by atomic mass is 16.5. The molecular weight excluding hydrogens is 278 g/mol. The molecule has 0 radical (unpaired) electrons. The molecule has 5 nitrogen and oxygen atoms in total. The second-order valence-electron chi connectivity index (χ2n) is 5.59. The largest absolute Gasteiger partial charge is 0.368 e. The van der Waals surface area contributed by atoms with Crippen molar-refractivity contribution in [1.29, 1.82) is 0 Å². The van der Waals surface area contributed by atoms with E-state index in [9.17, 15) is 4.79 Å². The number of nitrogens with zero attached hydrogens (tertiary/aromatic N) is 2. The maximum atomic E-state index is 12.2. The van der Waals surface area contributed by atoms with Gasteiger partial charge in [-0.25, -0.2) is 4.98 Å². The number of nitrogens with one attached hydrogen (secondary N) is 1. The molecule has 5 heteroatoms. The molecule has 0 spiro atoms. The standard InChI is InChI=1S/C17H21N3O2/c1-3-10-20-14-8-5-4-7-13(14)19-16(20)12(2)18-17(21)15-9-6-11-22-15/h3-5,7-8,12,15H,1,6,9-11H2,2H3,(H,18,21). The number of aromatic nitrogens is 2. The van der Waals surface area contributed by atoms with Gasteiger partial charge in [-0.15, -0.1) is 6.58 Å². The van der Waals surface area contributed by atoms with Gasteiger partial charge in [0.1, 0.15) is 11.9 Å². The van der Waals surface area contributed by atoms with E-state index in [1.54, 1.807) is 0 Å². The van der Waals surface area contributed by atoms with Gasteiger partial charge in [0.25, 0.3) is 0 Å². The number of imidazole rings is 1. The number of carbonyl (C=O) groups excluding carboxylic acids is 1. The number of carbonyl (C=O) groups is 1. The molecule has 2 aromatic rings. The van der Waals surface area contributed by atoms with Crippen LogP contribution in [0.5, 0.6) is 0 Å². The minimum Gasteiger partial charge on any atom is -0.368 e. The second-order valence-corrected chi connectivity index (χ2v) is 5.59. The second kappa shape index (κ2) is 6.32. The van der Waals surface area contributed by atoms with E-state index in [4.69, 9.17) is 4.74 Å². The maximum Gasteiger partial charge on any atom is 0.249 e. The Kier molecular flexibility index (Phi) is 4.24. The maximum absolute atomic E-state index is 12.2. The summed E-state index contributed by atoms with van der Waals surface area (Å²) in [5, 5.41) is 3.02. The van der Waals surface area contributed by atoms with E-state index in [1.807, 2.05) is 37.3 Å². The summed E-state index contributed by atoms with van der Waals surface area (Å²) in [6.07, 6.45) is 3.26. The highest BCUT2D eigenvalue weighted by molar-refractivity contribution is 5.81. The fraction of sp³-hybridized carbons (Fsp3) is 0.412.